The summed E-state index contributed by atoms with van der Waals surface area (Å²) < 4.78 is 3.29. The number of carbonyl (C=O) groups excluding carboxylic acids is 1. The molecular weight excluding hydrogens is 388 g/mol. The van der Waals surface area contributed by atoms with Crippen LogP contribution in [0.25, 0.3) is 11.0 Å². The quantitative estimate of drug-likeness (QED) is 0.662. The Bertz CT molecular complexity index is 1120. The van der Waals surface area contributed by atoms with Crippen LogP contribution in [0.5, 0.6) is 0 Å². The van der Waals surface area contributed by atoms with E-state index in [-0.39, 0.29) is 17.6 Å². The minimum atomic E-state index is -0.0370. The van der Waals surface area contributed by atoms with E-state index < -0.39 is 0 Å². The van der Waals surface area contributed by atoms with Crippen molar-refractivity contribution in [2.24, 2.45) is 14.1 Å². The maximum atomic E-state index is 12.5. The van der Waals surface area contributed by atoms with Crippen molar-refractivity contribution in [3.05, 3.63) is 64.1 Å². The summed E-state index contributed by atoms with van der Waals surface area (Å²) in [5.41, 5.74) is 5.21. The van der Waals surface area contributed by atoms with Gasteiger partial charge in [-0.2, -0.15) is 0 Å². The first kappa shape index (κ1) is 21.2. The number of fused-ring (bicyclic) bond motifs is 1. The molecule has 31 heavy (non-hydrogen) atoms. The third-order valence-electron chi connectivity index (χ3n) is 6.47. The zero-order chi connectivity index (χ0) is 22.0. The monoisotopic (exact) mass is 420 g/mol. The lowest BCUT2D eigenvalue weighted by molar-refractivity contribution is -0.121. The molecule has 3 aromatic rings. The number of nitrogens with one attached hydrogen (secondary N) is 1. The topological polar surface area (TPSA) is 59.3 Å². The lowest BCUT2D eigenvalue weighted by Gasteiger charge is -2.29. The Balaban J connectivity index is 1.33. The summed E-state index contributed by atoms with van der Waals surface area (Å²) in [6, 6.07) is 14.5. The van der Waals surface area contributed by atoms with Crippen LogP contribution < -0.4 is 15.9 Å². The first-order valence-electron chi connectivity index (χ1n) is 11.2. The van der Waals surface area contributed by atoms with Crippen molar-refractivity contribution < 1.29 is 4.79 Å². The Hall–Kier alpha value is -3.02. The highest BCUT2D eigenvalue weighted by Crippen LogP contribution is 2.22. The molecule has 1 fully saturated rings. The smallest absolute Gasteiger partial charge is 0.328 e. The summed E-state index contributed by atoms with van der Waals surface area (Å²) in [5, 5.41) is 3.12. The molecule has 6 heteroatoms. The minimum absolute atomic E-state index is 0.0275. The Labute approximate surface area is 183 Å². The molecule has 1 unspecified atom stereocenters. The largest absolute Gasteiger partial charge is 0.372 e. The number of carbonyl (C=O) groups is 1. The number of hydrogen-bond donors (Lipinski definition) is 1. The second kappa shape index (κ2) is 9.00. The third-order valence-corrected chi connectivity index (χ3v) is 6.47. The van der Waals surface area contributed by atoms with Gasteiger partial charge in [-0.15, -0.1) is 0 Å². The first-order chi connectivity index (χ1) is 14.9. The van der Waals surface area contributed by atoms with Gasteiger partial charge in [0.1, 0.15) is 0 Å². The van der Waals surface area contributed by atoms with E-state index in [2.05, 4.69) is 34.5 Å². The number of anilines is 1. The number of nitrogens with zero attached hydrogens (tertiary/aromatic N) is 3. The van der Waals surface area contributed by atoms with Crippen LogP contribution in [-0.2, 0) is 25.3 Å². The highest BCUT2D eigenvalue weighted by Gasteiger charge is 2.14. The Morgan fingerprint density at radius 3 is 2.35 bits per heavy atom. The summed E-state index contributed by atoms with van der Waals surface area (Å²) in [6.07, 6.45) is 4.92. The number of benzene rings is 2. The summed E-state index contributed by atoms with van der Waals surface area (Å²) >= 11 is 0. The van der Waals surface area contributed by atoms with E-state index in [4.69, 9.17) is 0 Å². The summed E-state index contributed by atoms with van der Waals surface area (Å²) in [7, 11) is 3.55. The van der Waals surface area contributed by atoms with Crippen molar-refractivity contribution in [1.29, 1.82) is 0 Å². The van der Waals surface area contributed by atoms with Crippen LogP contribution in [0.2, 0.25) is 0 Å². The number of rotatable bonds is 6. The lowest BCUT2D eigenvalue weighted by Crippen LogP contribution is -2.29. The molecular formula is C25H32N4O2. The maximum Gasteiger partial charge on any atom is 0.328 e. The van der Waals surface area contributed by atoms with Gasteiger partial charge in [0.05, 0.1) is 17.1 Å². The number of aryl methyl sites for hydroxylation is 3. The number of amides is 1. The van der Waals surface area contributed by atoms with Gasteiger partial charge >= 0.3 is 5.69 Å². The minimum Gasteiger partial charge on any atom is -0.372 e. The van der Waals surface area contributed by atoms with E-state index >= 15 is 0 Å². The highest BCUT2D eigenvalue weighted by molar-refractivity contribution is 5.78. The van der Waals surface area contributed by atoms with Crippen molar-refractivity contribution in [3.63, 3.8) is 0 Å². The maximum absolute atomic E-state index is 12.5. The van der Waals surface area contributed by atoms with E-state index in [9.17, 15) is 9.59 Å². The summed E-state index contributed by atoms with van der Waals surface area (Å²) in [5.74, 6) is 0.0367. The fourth-order valence-electron chi connectivity index (χ4n) is 4.49. The van der Waals surface area contributed by atoms with Gasteiger partial charge in [0.25, 0.3) is 0 Å². The molecule has 0 spiro atoms. The van der Waals surface area contributed by atoms with Gasteiger partial charge in [0.15, 0.2) is 0 Å². The number of piperidine rings is 1. The molecule has 164 valence electrons. The third kappa shape index (κ3) is 4.53. The van der Waals surface area contributed by atoms with Gasteiger partial charge in [-0.3, -0.25) is 13.9 Å². The molecule has 0 saturated carbocycles. The predicted octanol–water partition coefficient (Wildman–Crippen LogP) is 3.68. The molecule has 1 aromatic heterocycles. The molecule has 4 rings (SSSR count). The molecule has 1 saturated heterocycles. The second-order valence-electron chi connectivity index (χ2n) is 8.65. The van der Waals surface area contributed by atoms with Gasteiger partial charge < -0.3 is 10.2 Å². The zero-order valence-electron chi connectivity index (χ0n) is 18.7. The molecule has 1 atom stereocenters. The van der Waals surface area contributed by atoms with Crippen LogP contribution in [0.3, 0.4) is 0 Å². The van der Waals surface area contributed by atoms with E-state index in [0.717, 1.165) is 35.2 Å². The molecule has 0 radical (unpaired) electrons. The molecule has 1 amide bonds. The van der Waals surface area contributed by atoms with E-state index in [0.29, 0.717) is 12.8 Å². The Kier molecular flexibility index (Phi) is 6.16. The molecule has 2 aromatic carbocycles. The normalized spacial score (nSPS) is 15.3. The molecule has 1 aliphatic heterocycles. The second-order valence-corrected chi connectivity index (χ2v) is 8.65. The SMILES string of the molecule is CC(NC(=O)CCc1ccc2c(c1)n(C)c(=O)n2C)c1ccc(N2CCCCC2)cc1. The van der Waals surface area contributed by atoms with Crippen molar-refractivity contribution in [3.8, 4) is 0 Å². The summed E-state index contributed by atoms with van der Waals surface area (Å²) in [6.45, 7) is 4.29. The first-order valence-corrected chi connectivity index (χ1v) is 11.2. The van der Waals surface area contributed by atoms with Gasteiger partial charge in [0, 0.05) is 39.3 Å². The van der Waals surface area contributed by atoms with E-state index in [1.807, 2.05) is 25.1 Å². The fraction of sp³-hybridized carbons (Fsp3) is 0.440. The van der Waals surface area contributed by atoms with Crippen LogP contribution in [0.15, 0.2) is 47.3 Å². The van der Waals surface area contributed by atoms with Crippen molar-refractivity contribution in [2.75, 3.05) is 18.0 Å². The van der Waals surface area contributed by atoms with Gasteiger partial charge in [-0.1, -0.05) is 18.2 Å². The van der Waals surface area contributed by atoms with Crippen LogP contribution >= 0.6 is 0 Å². The average molecular weight is 421 g/mol. The standard InChI is InChI=1S/C25H32N4O2/c1-18(20-9-11-21(12-10-20)29-15-5-4-6-16-29)26-24(30)14-8-19-7-13-22-23(17-19)28(3)25(31)27(22)2/h7,9-13,17-18H,4-6,8,14-16H2,1-3H3,(H,26,30). The summed E-state index contributed by atoms with van der Waals surface area (Å²) in [4.78, 5) is 27.1. The van der Waals surface area contributed by atoms with E-state index in [1.54, 1.807) is 23.2 Å². The number of hydrogen-bond acceptors (Lipinski definition) is 3. The molecule has 1 N–H and O–H groups in total. The van der Waals surface area contributed by atoms with Crippen molar-refractivity contribution in [1.82, 2.24) is 14.5 Å². The highest BCUT2D eigenvalue weighted by atomic mass is 16.2. The number of aromatic nitrogens is 2. The molecule has 6 nitrogen and oxygen atoms in total. The fourth-order valence-corrected chi connectivity index (χ4v) is 4.49. The van der Waals surface area contributed by atoms with E-state index in [1.165, 1.54) is 24.9 Å². The van der Waals surface area contributed by atoms with Crippen LogP contribution in [-0.4, -0.2) is 28.1 Å². The predicted molar refractivity (Wildman–Crippen MR) is 126 cm³/mol. The zero-order valence-corrected chi connectivity index (χ0v) is 18.7. The van der Waals surface area contributed by atoms with Crippen molar-refractivity contribution in [2.45, 2.75) is 45.1 Å². The molecule has 1 aliphatic rings. The molecule has 2 heterocycles. The van der Waals surface area contributed by atoms with Gasteiger partial charge in [0.2, 0.25) is 5.91 Å². The van der Waals surface area contributed by atoms with Crippen molar-refractivity contribution >= 4 is 22.6 Å². The Morgan fingerprint density at radius 2 is 1.65 bits per heavy atom. The van der Waals surface area contributed by atoms with Crippen LogP contribution in [0.4, 0.5) is 5.69 Å². The average Bonchev–Trinajstić information content (AvgIpc) is 3.02. The van der Waals surface area contributed by atoms with Crippen LogP contribution in [0, 0.1) is 0 Å². The number of imidazole rings is 1. The van der Waals surface area contributed by atoms with Gasteiger partial charge in [-0.25, -0.2) is 4.79 Å². The van der Waals surface area contributed by atoms with Crippen LogP contribution in [0.1, 0.15) is 49.8 Å². The molecule has 0 bridgehead atoms. The lowest BCUT2D eigenvalue weighted by atomic mass is 10.1. The van der Waals surface area contributed by atoms with Gasteiger partial charge in [-0.05, 0) is 68.0 Å². The molecule has 0 aliphatic carbocycles. The Morgan fingerprint density at radius 1 is 0.968 bits per heavy atom.